The van der Waals surface area contributed by atoms with Crippen LogP contribution in [0, 0.1) is 6.92 Å². The van der Waals surface area contributed by atoms with Gasteiger partial charge in [0.05, 0.1) is 36.9 Å². The number of aryl methyl sites for hydroxylation is 1. The van der Waals surface area contributed by atoms with E-state index in [0.29, 0.717) is 0 Å². The Hall–Kier alpha value is -0.430. The number of quaternary nitrogens is 1. The lowest BCUT2D eigenvalue weighted by molar-refractivity contribution is -0.907. The van der Waals surface area contributed by atoms with Gasteiger partial charge in [-0.15, -0.1) is 0 Å². The second kappa shape index (κ2) is 15.4. The van der Waals surface area contributed by atoms with Gasteiger partial charge in [-0.2, -0.15) is 0 Å². The van der Waals surface area contributed by atoms with Crippen LogP contribution in [0.3, 0.4) is 0 Å². The Balaban J connectivity index is 0.000000567. The average molecular weight is 479 g/mol. The number of halogens is 1. The van der Waals surface area contributed by atoms with E-state index in [2.05, 4.69) is 36.8 Å². The molecule has 0 heterocycles. The zero-order chi connectivity index (χ0) is 21.5. The molecule has 0 spiro atoms. The third-order valence-electron chi connectivity index (χ3n) is 5.04. The number of rotatable bonds is 13. The Kier molecular flexibility index (Phi) is 15.2. The molecular weight excluding hydrogens is 438 g/mol. The molecule has 0 bridgehead atoms. The van der Waals surface area contributed by atoms with Gasteiger partial charge < -0.3 is 9.04 Å². The van der Waals surface area contributed by atoms with E-state index in [-0.39, 0.29) is 4.90 Å². The predicted molar refractivity (Wildman–Crippen MR) is 122 cm³/mol. The van der Waals surface area contributed by atoms with E-state index in [1.807, 2.05) is 6.92 Å². The lowest BCUT2D eigenvalue weighted by Crippen LogP contribution is -2.46. The normalized spacial score (nSPS) is 13.5. The highest BCUT2D eigenvalue weighted by atomic mass is 79.9. The number of benzene rings is 1. The van der Waals surface area contributed by atoms with E-state index in [1.165, 1.54) is 87.6 Å². The summed E-state index contributed by atoms with van der Waals surface area (Å²) >= 11 is 3.61. The molecule has 0 N–H and O–H groups in total. The minimum absolute atomic E-state index is 0.178. The van der Waals surface area contributed by atoms with E-state index in [0.717, 1.165) is 10.9 Å². The van der Waals surface area contributed by atoms with Crippen molar-refractivity contribution in [3.05, 3.63) is 29.8 Å². The smallest absolute Gasteiger partial charge is 0.124 e. The van der Waals surface area contributed by atoms with Crippen LogP contribution in [0.15, 0.2) is 29.2 Å². The van der Waals surface area contributed by atoms with E-state index in [1.54, 1.807) is 12.1 Å². The SMILES string of the molecule is CCCCCCC[N+](C)(CCBr)CCCCC.Cc1ccc(S(=O)(=O)[O-])cc1. The topological polar surface area (TPSA) is 57.2 Å². The maximum Gasteiger partial charge on any atom is 0.124 e. The lowest BCUT2D eigenvalue weighted by atomic mass is 10.1. The van der Waals surface area contributed by atoms with Crippen molar-refractivity contribution < 1.29 is 17.5 Å². The Labute approximate surface area is 182 Å². The van der Waals surface area contributed by atoms with Gasteiger partial charge in [0, 0.05) is 0 Å². The van der Waals surface area contributed by atoms with Crippen LogP contribution in [-0.4, -0.2) is 49.5 Å². The summed E-state index contributed by atoms with van der Waals surface area (Å²) in [7, 11) is -1.83. The number of nitrogens with zero attached hydrogens (tertiary/aromatic N) is 1. The molecule has 164 valence electrons. The number of alkyl halides is 1. The summed E-state index contributed by atoms with van der Waals surface area (Å²) in [6.45, 7) is 10.4. The van der Waals surface area contributed by atoms with Crippen molar-refractivity contribution in [2.75, 3.05) is 32.0 Å². The molecule has 0 aliphatic carbocycles. The van der Waals surface area contributed by atoms with Crippen LogP contribution < -0.4 is 0 Å². The van der Waals surface area contributed by atoms with Gasteiger partial charge in [0.1, 0.15) is 10.1 Å². The molecule has 0 aliphatic heterocycles. The highest BCUT2D eigenvalue weighted by molar-refractivity contribution is 9.09. The zero-order valence-corrected chi connectivity index (χ0v) is 20.7. The molecule has 4 nitrogen and oxygen atoms in total. The van der Waals surface area contributed by atoms with E-state index in [9.17, 15) is 13.0 Å². The van der Waals surface area contributed by atoms with Gasteiger partial charge in [-0.05, 0) is 44.7 Å². The number of hydrogen-bond acceptors (Lipinski definition) is 3. The molecule has 0 saturated carbocycles. The predicted octanol–water partition coefficient (Wildman–Crippen LogP) is 5.89. The fourth-order valence-electron chi connectivity index (χ4n) is 3.08. The summed E-state index contributed by atoms with van der Waals surface area (Å²) in [5, 5.41) is 1.14. The van der Waals surface area contributed by atoms with Crippen LogP contribution in [0.4, 0.5) is 0 Å². The maximum absolute atomic E-state index is 10.4. The third kappa shape index (κ3) is 13.7. The van der Waals surface area contributed by atoms with Crippen LogP contribution in [-0.2, 0) is 10.1 Å². The van der Waals surface area contributed by atoms with Gasteiger partial charge in [0.25, 0.3) is 0 Å². The molecular formula is C22H40BrNO3S. The molecule has 0 saturated heterocycles. The highest BCUT2D eigenvalue weighted by Crippen LogP contribution is 2.12. The van der Waals surface area contributed by atoms with Crippen LogP contribution in [0.5, 0.6) is 0 Å². The minimum Gasteiger partial charge on any atom is -0.744 e. The summed E-state index contributed by atoms with van der Waals surface area (Å²) in [4.78, 5) is -0.178. The van der Waals surface area contributed by atoms with Crippen molar-refractivity contribution in [2.45, 2.75) is 77.0 Å². The number of hydrogen-bond donors (Lipinski definition) is 0. The van der Waals surface area contributed by atoms with Crippen molar-refractivity contribution in [2.24, 2.45) is 0 Å². The maximum atomic E-state index is 10.4. The zero-order valence-electron chi connectivity index (χ0n) is 18.3. The van der Waals surface area contributed by atoms with Crippen molar-refractivity contribution in [3.63, 3.8) is 0 Å². The Morgan fingerprint density at radius 1 is 0.857 bits per heavy atom. The largest absolute Gasteiger partial charge is 0.744 e. The van der Waals surface area contributed by atoms with Crippen molar-refractivity contribution >= 4 is 26.0 Å². The molecule has 1 aromatic rings. The average Bonchev–Trinajstić information content (AvgIpc) is 2.62. The van der Waals surface area contributed by atoms with Crippen molar-refractivity contribution in [3.8, 4) is 0 Å². The molecule has 0 radical (unpaired) electrons. The summed E-state index contributed by atoms with van der Waals surface area (Å²) in [6.07, 6.45) is 11.2. The first kappa shape index (κ1) is 27.6. The first-order valence-corrected chi connectivity index (χ1v) is 13.1. The standard InChI is InChI=1S/C15H33BrN.C7H8O3S/c1-4-6-8-9-11-14-17(3,15-12-16)13-10-7-5-2;1-6-2-4-7(5-3-6)11(8,9)10/h4-15H2,1-3H3;2-5H,1H3,(H,8,9,10)/q+1;/p-1. The fourth-order valence-corrected chi connectivity index (χ4v) is 4.41. The van der Waals surface area contributed by atoms with E-state index < -0.39 is 10.1 Å². The summed E-state index contributed by atoms with van der Waals surface area (Å²) in [6, 6.07) is 5.78. The first-order valence-electron chi connectivity index (χ1n) is 10.6. The summed E-state index contributed by atoms with van der Waals surface area (Å²) in [5.74, 6) is 0. The Bertz CT molecular complexity index is 605. The van der Waals surface area contributed by atoms with Gasteiger partial charge in [-0.1, -0.05) is 73.2 Å². The molecule has 28 heavy (non-hydrogen) atoms. The first-order chi connectivity index (χ1) is 13.2. The van der Waals surface area contributed by atoms with Crippen LogP contribution in [0.2, 0.25) is 0 Å². The molecule has 1 atom stereocenters. The molecule has 6 heteroatoms. The minimum atomic E-state index is -4.27. The second-order valence-corrected chi connectivity index (χ2v) is 10.0. The van der Waals surface area contributed by atoms with Gasteiger partial charge >= 0.3 is 0 Å². The van der Waals surface area contributed by atoms with Gasteiger partial charge in [-0.25, -0.2) is 8.42 Å². The fraction of sp³-hybridized carbons (Fsp3) is 0.727. The van der Waals surface area contributed by atoms with Crippen molar-refractivity contribution in [1.82, 2.24) is 0 Å². The molecule has 1 rings (SSSR count). The van der Waals surface area contributed by atoms with E-state index in [4.69, 9.17) is 0 Å². The second-order valence-electron chi connectivity index (χ2n) is 7.87. The molecule has 0 aromatic heterocycles. The van der Waals surface area contributed by atoms with Crippen molar-refractivity contribution in [1.29, 1.82) is 0 Å². The van der Waals surface area contributed by atoms with Crippen LogP contribution in [0.1, 0.15) is 70.8 Å². The summed E-state index contributed by atoms with van der Waals surface area (Å²) < 4.78 is 32.4. The third-order valence-corrected chi connectivity index (χ3v) is 6.24. The lowest BCUT2D eigenvalue weighted by Gasteiger charge is -2.34. The monoisotopic (exact) mass is 477 g/mol. The molecule has 1 aromatic carbocycles. The van der Waals surface area contributed by atoms with Gasteiger partial charge in [0.15, 0.2) is 0 Å². The molecule has 1 unspecified atom stereocenters. The molecule has 0 aliphatic rings. The quantitative estimate of drug-likeness (QED) is 0.154. The molecule has 0 amide bonds. The van der Waals surface area contributed by atoms with Crippen LogP contribution >= 0.6 is 15.9 Å². The van der Waals surface area contributed by atoms with Crippen LogP contribution in [0.25, 0.3) is 0 Å². The Morgan fingerprint density at radius 3 is 1.79 bits per heavy atom. The highest BCUT2D eigenvalue weighted by Gasteiger charge is 2.19. The Morgan fingerprint density at radius 2 is 1.32 bits per heavy atom. The van der Waals surface area contributed by atoms with E-state index >= 15 is 0 Å². The number of unbranched alkanes of at least 4 members (excludes halogenated alkanes) is 6. The summed E-state index contributed by atoms with van der Waals surface area (Å²) in [5.41, 5.74) is 0.928. The van der Waals surface area contributed by atoms with Gasteiger partial charge in [0.2, 0.25) is 0 Å². The van der Waals surface area contributed by atoms with Gasteiger partial charge in [-0.3, -0.25) is 0 Å². The molecule has 0 fully saturated rings.